The van der Waals surface area contributed by atoms with Crippen molar-refractivity contribution >= 4 is 44.7 Å². The zero-order valence-corrected chi connectivity index (χ0v) is 11.3. The number of nitrogens with two attached hydrogens (primary N) is 1. The second kappa shape index (κ2) is 5.96. The first-order valence-corrected chi connectivity index (χ1v) is 6.04. The normalized spacial score (nSPS) is 11.9. The van der Waals surface area contributed by atoms with Crippen molar-refractivity contribution in [3.05, 3.63) is 28.7 Å². The molecule has 0 spiro atoms. The summed E-state index contributed by atoms with van der Waals surface area (Å²) in [5.74, 6) is -0.302. The van der Waals surface area contributed by atoms with Crippen LogP contribution in [0, 0.1) is 5.92 Å². The van der Waals surface area contributed by atoms with E-state index in [1.807, 2.05) is 24.3 Å². The molecule has 0 bridgehead atoms. The Bertz CT molecular complexity index is 409. The van der Waals surface area contributed by atoms with Gasteiger partial charge in [0.2, 0.25) is 5.91 Å². The Balaban J connectivity index is 2.64. The highest BCUT2D eigenvalue weighted by molar-refractivity contribution is 9.10. The van der Waals surface area contributed by atoms with E-state index in [0.29, 0.717) is 11.4 Å². The molecule has 86 valence electrons. The fourth-order valence-corrected chi connectivity index (χ4v) is 1.85. The maximum Gasteiger partial charge on any atom is 0.227 e. The molecule has 3 nitrogen and oxygen atoms in total. The highest BCUT2D eigenvalue weighted by Gasteiger charge is 2.14. The molecule has 0 saturated heterocycles. The number of anilines is 1. The summed E-state index contributed by atoms with van der Waals surface area (Å²) in [4.78, 5) is 12.1. The summed E-state index contributed by atoms with van der Waals surface area (Å²) in [7, 11) is 0. The molecule has 0 aliphatic carbocycles. The van der Waals surface area contributed by atoms with Crippen molar-refractivity contribution in [2.75, 3.05) is 5.32 Å². The van der Waals surface area contributed by atoms with Gasteiger partial charge in [-0.3, -0.25) is 4.79 Å². The summed E-state index contributed by atoms with van der Waals surface area (Å²) in [5.41, 5.74) is 6.15. The Hall–Kier alpha value is -0.940. The Morgan fingerprint density at radius 3 is 2.75 bits per heavy atom. The second-order valence-corrected chi connectivity index (χ2v) is 4.92. The predicted octanol–water partition coefficient (Wildman–Crippen LogP) is 2.70. The number of carbonyl (C=O) groups is 1. The van der Waals surface area contributed by atoms with Gasteiger partial charge in [0.15, 0.2) is 0 Å². The summed E-state index contributed by atoms with van der Waals surface area (Å²) in [6, 6.07) is 7.44. The molecule has 16 heavy (non-hydrogen) atoms. The minimum absolute atomic E-state index is 0.0836. The minimum Gasteiger partial charge on any atom is -0.393 e. The van der Waals surface area contributed by atoms with Crippen LogP contribution in [0.5, 0.6) is 0 Å². The van der Waals surface area contributed by atoms with Crippen molar-refractivity contribution in [3.63, 3.8) is 0 Å². The Morgan fingerprint density at radius 2 is 2.19 bits per heavy atom. The lowest BCUT2D eigenvalue weighted by molar-refractivity contribution is -0.119. The van der Waals surface area contributed by atoms with Crippen LogP contribution in [0.3, 0.4) is 0 Å². The first-order chi connectivity index (χ1) is 7.50. The van der Waals surface area contributed by atoms with Crippen LogP contribution >= 0.6 is 28.1 Å². The number of amides is 1. The summed E-state index contributed by atoms with van der Waals surface area (Å²) in [6.07, 6.45) is 0.422. The van der Waals surface area contributed by atoms with E-state index >= 15 is 0 Å². The number of nitrogens with one attached hydrogen (secondary N) is 1. The summed E-state index contributed by atoms with van der Waals surface area (Å²) in [6.45, 7) is 1.80. The van der Waals surface area contributed by atoms with E-state index in [-0.39, 0.29) is 11.8 Å². The lowest BCUT2D eigenvalue weighted by Crippen LogP contribution is -2.24. The molecule has 3 N–H and O–H groups in total. The van der Waals surface area contributed by atoms with Crippen molar-refractivity contribution in [3.8, 4) is 0 Å². The zero-order chi connectivity index (χ0) is 12.1. The van der Waals surface area contributed by atoms with E-state index in [9.17, 15) is 4.79 Å². The molecule has 0 aliphatic rings. The van der Waals surface area contributed by atoms with Gasteiger partial charge in [0.1, 0.15) is 0 Å². The lowest BCUT2D eigenvalue weighted by Gasteiger charge is -2.12. The van der Waals surface area contributed by atoms with Gasteiger partial charge in [-0.05, 0) is 28.1 Å². The minimum atomic E-state index is -0.218. The van der Waals surface area contributed by atoms with Crippen LogP contribution in [0.1, 0.15) is 13.3 Å². The van der Waals surface area contributed by atoms with Crippen molar-refractivity contribution in [2.24, 2.45) is 11.7 Å². The van der Waals surface area contributed by atoms with Crippen LogP contribution in [0.2, 0.25) is 0 Å². The molecule has 5 heteroatoms. The van der Waals surface area contributed by atoms with Gasteiger partial charge in [-0.25, -0.2) is 0 Å². The molecule has 0 fully saturated rings. The van der Waals surface area contributed by atoms with Gasteiger partial charge in [0.05, 0.1) is 10.7 Å². The molecule has 0 radical (unpaired) electrons. The first kappa shape index (κ1) is 13.1. The SMILES string of the molecule is CC(CC(N)=S)C(=O)Nc1ccccc1Br. The highest BCUT2D eigenvalue weighted by atomic mass is 79.9. The number of thiocarbonyl (C=S) groups is 1. The molecular weight excluding hydrogens is 288 g/mol. The molecule has 1 aromatic rings. The fourth-order valence-electron chi connectivity index (χ4n) is 1.21. The van der Waals surface area contributed by atoms with Crippen LogP contribution in [0.25, 0.3) is 0 Å². The van der Waals surface area contributed by atoms with Crippen molar-refractivity contribution in [1.29, 1.82) is 0 Å². The smallest absolute Gasteiger partial charge is 0.227 e. The van der Waals surface area contributed by atoms with Gasteiger partial charge in [-0.15, -0.1) is 0 Å². The molecule has 0 aliphatic heterocycles. The lowest BCUT2D eigenvalue weighted by atomic mass is 10.1. The third-order valence-electron chi connectivity index (χ3n) is 2.09. The van der Waals surface area contributed by atoms with Gasteiger partial charge < -0.3 is 11.1 Å². The monoisotopic (exact) mass is 300 g/mol. The Morgan fingerprint density at radius 1 is 1.56 bits per heavy atom. The van der Waals surface area contributed by atoms with Gasteiger partial charge in [0.25, 0.3) is 0 Å². The Labute approximate surface area is 109 Å². The van der Waals surface area contributed by atoms with Gasteiger partial charge in [0, 0.05) is 16.8 Å². The second-order valence-electron chi connectivity index (χ2n) is 3.54. The van der Waals surface area contributed by atoms with Crippen molar-refractivity contribution in [1.82, 2.24) is 0 Å². The number of halogens is 1. The molecule has 1 aromatic carbocycles. The number of para-hydroxylation sites is 1. The Kier molecular flexibility index (Phi) is 4.89. The first-order valence-electron chi connectivity index (χ1n) is 4.84. The third-order valence-corrected chi connectivity index (χ3v) is 2.94. The molecule has 0 aromatic heterocycles. The van der Waals surface area contributed by atoms with Crippen LogP contribution in [-0.4, -0.2) is 10.9 Å². The molecule has 0 saturated carbocycles. The fraction of sp³-hybridized carbons (Fsp3) is 0.273. The van der Waals surface area contributed by atoms with E-state index in [0.717, 1.165) is 10.2 Å². The third kappa shape index (κ3) is 3.90. The van der Waals surface area contributed by atoms with Crippen LogP contribution in [0.4, 0.5) is 5.69 Å². The molecule has 1 amide bonds. The molecule has 0 heterocycles. The molecular formula is C11H13BrN2OS. The standard InChI is InChI=1S/C11H13BrN2OS/c1-7(6-10(13)16)11(15)14-9-5-3-2-4-8(9)12/h2-5,7H,6H2,1H3,(H2,13,16)(H,14,15). The number of hydrogen-bond acceptors (Lipinski definition) is 2. The summed E-state index contributed by atoms with van der Waals surface area (Å²) < 4.78 is 0.853. The van der Waals surface area contributed by atoms with Crippen LogP contribution in [-0.2, 0) is 4.79 Å². The maximum atomic E-state index is 11.8. The zero-order valence-electron chi connectivity index (χ0n) is 8.87. The number of benzene rings is 1. The predicted molar refractivity (Wildman–Crippen MR) is 73.3 cm³/mol. The number of hydrogen-bond donors (Lipinski definition) is 2. The highest BCUT2D eigenvalue weighted by Crippen LogP contribution is 2.22. The number of carbonyl (C=O) groups excluding carboxylic acids is 1. The summed E-state index contributed by atoms with van der Waals surface area (Å²) >= 11 is 8.13. The van der Waals surface area contributed by atoms with E-state index in [4.69, 9.17) is 18.0 Å². The van der Waals surface area contributed by atoms with Gasteiger partial charge >= 0.3 is 0 Å². The molecule has 1 rings (SSSR count). The average Bonchev–Trinajstić information content (AvgIpc) is 2.20. The maximum absolute atomic E-state index is 11.8. The number of rotatable bonds is 4. The molecule has 1 atom stereocenters. The molecule has 1 unspecified atom stereocenters. The van der Waals surface area contributed by atoms with E-state index in [2.05, 4.69) is 21.2 Å². The quantitative estimate of drug-likeness (QED) is 0.841. The van der Waals surface area contributed by atoms with Gasteiger partial charge in [-0.1, -0.05) is 31.3 Å². The van der Waals surface area contributed by atoms with E-state index in [1.54, 1.807) is 6.92 Å². The largest absolute Gasteiger partial charge is 0.393 e. The summed E-state index contributed by atoms with van der Waals surface area (Å²) in [5, 5.41) is 2.81. The van der Waals surface area contributed by atoms with Crippen molar-refractivity contribution in [2.45, 2.75) is 13.3 Å². The van der Waals surface area contributed by atoms with Crippen LogP contribution in [0.15, 0.2) is 28.7 Å². The van der Waals surface area contributed by atoms with E-state index < -0.39 is 0 Å². The topological polar surface area (TPSA) is 55.1 Å². The van der Waals surface area contributed by atoms with Crippen molar-refractivity contribution < 1.29 is 4.79 Å². The average molecular weight is 301 g/mol. The van der Waals surface area contributed by atoms with Crippen LogP contribution < -0.4 is 11.1 Å². The van der Waals surface area contributed by atoms with E-state index in [1.165, 1.54) is 0 Å². The van der Waals surface area contributed by atoms with Gasteiger partial charge in [-0.2, -0.15) is 0 Å².